The molecule has 0 bridgehead atoms. The molecule has 2 N–H and O–H groups in total. The number of hydrogen-bond donors (Lipinski definition) is 2. The van der Waals surface area contributed by atoms with Crippen LogP contribution in [0.1, 0.15) is 65.1 Å². The van der Waals surface area contributed by atoms with E-state index in [0.717, 1.165) is 44.2 Å². The van der Waals surface area contributed by atoms with Gasteiger partial charge in [-0.25, -0.2) is 4.39 Å². The number of carboxylic acid groups (broad SMARTS) is 1. The lowest BCUT2D eigenvalue weighted by molar-refractivity contribution is -0.138. The van der Waals surface area contributed by atoms with Gasteiger partial charge in [0.25, 0.3) is 17.7 Å². The van der Waals surface area contributed by atoms with Crippen LogP contribution in [-0.4, -0.2) is 69.1 Å². The number of hydrogen-bond acceptors (Lipinski definition) is 6. The third kappa shape index (κ3) is 5.55. The molecule has 2 atom stereocenters. The molecule has 1 saturated heterocycles. The van der Waals surface area contributed by atoms with E-state index in [2.05, 4.69) is 10.5 Å². The van der Waals surface area contributed by atoms with Gasteiger partial charge in [0, 0.05) is 30.8 Å². The van der Waals surface area contributed by atoms with Gasteiger partial charge < -0.3 is 24.7 Å². The Morgan fingerprint density at radius 3 is 2.31 bits per heavy atom. The van der Waals surface area contributed by atoms with Gasteiger partial charge in [-0.2, -0.15) is 0 Å². The summed E-state index contributed by atoms with van der Waals surface area (Å²) in [6, 6.07) is 5.72. The van der Waals surface area contributed by atoms with Crippen molar-refractivity contribution in [2.24, 2.45) is 5.92 Å². The van der Waals surface area contributed by atoms with Crippen molar-refractivity contribution in [3.8, 4) is 0 Å². The summed E-state index contributed by atoms with van der Waals surface area (Å²) >= 11 is 0. The zero-order valence-corrected chi connectivity index (χ0v) is 20.0. The van der Waals surface area contributed by atoms with Crippen LogP contribution in [0.5, 0.6) is 0 Å². The number of aromatic nitrogens is 1. The van der Waals surface area contributed by atoms with Crippen LogP contribution in [0, 0.1) is 18.7 Å². The molecule has 11 heteroatoms. The van der Waals surface area contributed by atoms with Crippen LogP contribution >= 0.6 is 0 Å². The molecule has 2 heterocycles. The van der Waals surface area contributed by atoms with E-state index in [-0.39, 0.29) is 36.7 Å². The zero-order chi connectivity index (χ0) is 25.8. The van der Waals surface area contributed by atoms with Crippen molar-refractivity contribution in [3.05, 3.63) is 53.2 Å². The van der Waals surface area contributed by atoms with E-state index >= 15 is 0 Å². The molecule has 2 aromatic rings. The third-order valence-electron chi connectivity index (χ3n) is 6.81. The molecule has 1 aliphatic carbocycles. The summed E-state index contributed by atoms with van der Waals surface area (Å²) in [6.45, 7) is 1.75. The average molecular weight is 501 g/mol. The largest absolute Gasteiger partial charge is 0.481 e. The molecular formula is C25H29FN4O6. The maximum Gasteiger partial charge on any atom is 0.305 e. The zero-order valence-electron chi connectivity index (χ0n) is 20.0. The number of aryl methyl sites for hydroxylation is 1. The van der Waals surface area contributed by atoms with Crippen molar-refractivity contribution in [3.63, 3.8) is 0 Å². The Morgan fingerprint density at radius 1 is 1.08 bits per heavy atom. The van der Waals surface area contributed by atoms with E-state index in [1.54, 1.807) is 6.92 Å². The first kappa shape index (κ1) is 25.3. The minimum absolute atomic E-state index is 0.00394. The van der Waals surface area contributed by atoms with Crippen molar-refractivity contribution in [2.75, 3.05) is 13.1 Å². The molecule has 0 spiro atoms. The standard InChI is InChI=1S/C25H29FN4O6/c1-15-13-20(28-36-15)25(35)30-12-11-29(24(34)17-7-9-18(26)10-8-17)23(30)22(33)27-19(14-21(31)32)16-5-3-2-4-6-16/h7-10,13,16,19,23H,2-6,11-12,14H2,1H3,(H,27,33)(H,31,32). The number of carboxylic acids is 1. The fourth-order valence-corrected chi connectivity index (χ4v) is 5.03. The van der Waals surface area contributed by atoms with Crippen LogP contribution in [0.4, 0.5) is 4.39 Å². The number of aliphatic carboxylic acids is 1. The molecule has 2 fully saturated rings. The second-order valence-electron chi connectivity index (χ2n) is 9.31. The smallest absolute Gasteiger partial charge is 0.305 e. The fourth-order valence-electron chi connectivity index (χ4n) is 5.03. The normalized spacial score (nSPS) is 19.2. The van der Waals surface area contributed by atoms with Crippen molar-refractivity contribution in [1.29, 1.82) is 0 Å². The molecule has 3 amide bonds. The Labute approximate surface area is 207 Å². The van der Waals surface area contributed by atoms with E-state index in [9.17, 15) is 28.7 Å². The van der Waals surface area contributed by atoms with E-state index < -0.39 is 41.7 Å². The molecule has 2 aliphatic rings. The van der Waals surface area contributed by atoms with Crippen molar-refractivity contribution in [1.82, 2.24) is 20.3 Å². The maximum absolute atomic E-state index is 13.6. The van der Waals surface area contributed by atoms with E-state index in [4.69, 9.17) is 4.52 Å². The Morgan fingerprint density at radius 2 is 1.72 bits per heavy atom. The minimum Gasteiger partial charge on any atom is -0.481 e. The quantitative estimate of drug-likeness (QED) is 0.597. The summed E-state index contributed by atoms with van der Waals surface area (Å²) in [4.78, 5) is 54.2. The van der Waals surface area contributed by atoms with E-state index in [1.807, 2.05) is 0 Å². The first-order valence-electron chi connectivity index (χ1n) is 12.1. The number of amides is 3. The van der Waals surface area contributed by atoms with E-state index in [0.29, 0.717) is 5.76 Å². The topological polar surface area (TPSA) is 133 Å². The van der Waals surface area contributed by atoms with Gasteiger partial charge in [0.05, 0.1) is 6.42 Å². The van der Waals surface area contributed by atoms with E-state index in [1.165, 1.54) is 28.0 Å². The highest BCUT2D eigenvalue weighted by molar-refractivity contribution is 6.01. The second-order valence-corrected chi connectivity index (χ2v) is 9.31. The molecule has 10 nitrogen and oxygen atoms in total. The van der Waals surface area contributed by atoms with Gasteiger partial charge >= 0.3 is 5.97 Å². The summed E-state index contributed by atoms with van der Waals surface area (Å²) in [5.74, 6) is -2.93. The molecule has 36 heavy (non-hydrogen) atoms. The minimum atomic E-state index is -1.33. The lowest BCUT2D eigenvalue weighted by Crippen LogP contribution is -2.57. The van der Waals surface area contributed by atoms with Gasteiger partial charge in [-0.1, -0.05) is 24.4 Å². The number of nitrogens with one attached hydrogen (secondary N) is 1. The van der Waals surface area contributed by atoms with Crippen LogP contribution < -0.4 is 5.32 Å². The summed E-state index contributed by atoms with van der Waals surface area (Å²) in [7, 11) is 0. The third-order valence-corrected chi connectivity index (χ3v) is 6.81. The fraction of sp³-hybridized carbons (Fsp3) is 0.480. The van der Waals surface area contributed by atoms with Gasteiger partial charge in [-0.05, 0) is 49.9 Å². The highest BCUT2D eigenvalue weighted by atomic mass is 19.1. The second kappa shape index (κ2) is 10.9. The highest BCUT2D eigenvalue weighted by Crippen LogP contribution is 2.29. The molecule has 0 radical (unpaired) electrons. The van der Waals surface area contributed by atoms with Crippen molar-refractivity contribution in [2.45, 2.75) is 57.7 Å². The number of benzene rings is 1. The molecule has 1 aromatic carbocycles. The van der Waals surface area contributed by atoms with Crippen LogP contribution in [-0.2, 0) is 9.59 Å². The lowest BCUT2D eigenvalue weighted by Gasteiger charge is -2.34. The first-order valence-corrected chi connectivity index (χ1v) is 12.1. The molecule has 1 saturated carbocycles. The predicted octanol–water partition coefficient (Wildman–Crippen LogP) is 2.59. The summed E-state index contributed by atoms with van der Waals surface area (Å²) in [5.41, 5.74) is 0.158. The molecule has 2 unspecified atom stereocenters. The maximum atomic E-state index is 13.6. The predicted molar refractivity (Wildman–Crippen MR) is 124 cm³/mol. The highest BCUT2D eigenvalue weighted by Gasteiger charge is 2.45. The lowest BCUT2D eigenvalue weighted by atomic mass is 9.82. The Hall–Kier alpha value is -3.76. The molecular weight excluding hydrogens is 471 g/mol. The van der Waals surface area contributed by atoms with Gasteiger partial charge in [0.1, 0.15) is 11.6 Å². The summed E-state index contributed by atoms with van der Waals surface area (Å²) < 4.78 is 18.4. The SMILES string of the molecule is Cc1cc(C(=O)N2CCN(C(=O)c3ccc(F)cc3)C2C(=O)NC(CC(=O)O)C2CCCCC2)no1. The average Bonchev–Trinajstić information content (AvgIpc) is 3.50. The number of rotatable bonds is 7. The number of carbonyl (C=O) groups is 4. The van der Waals surface area contributed by atoms with Gasteiger partial charge in [-0.15, -0.1) is 0 Å². The molecule has 1 aliphatic heterocycles. The van der Waals surface area contributed by atoms with Gasteiger partial charge in [0.2, 0.25) is 0 Å². The summed E-state index contributed by atoms with van der Waals surface area (Å²) in [6.07, 6.45) is 2.96. The Kier molecular flexibility index (Phi) is 7.66. The molecule has 1 aromatic heterocycles. The number of carbonyl (C=O) groups excluding carboxylic acids is 3. The monoisotopic (exact) mass is 500 g/mol. The first-order chi connectivity index (χ1) is 17.2. The van der Waals surface area contributed by atoms with Crippen LogP contribution in [0.15, 0.2) is 34.9 Å². The summed E-state index contributed by atoms with van der Waals surface area (Å²) in [5, 5.41) is 16.0. The Balaban J connectivity index is 1.62. The Bertz CT molecular complexity index is 1130. The van der Waals surface area contributed by atoms with Gasteiger partial charge in [0.15, 0.2) is 11.9 Å². The van der Waals surface area contributed by atoms with Gasteiger partial charge in [-0.3, -0.25) is 19.2 Å². The van der Waals surface area contributed by atoms with Crippen molar-refractivity contribution < 1.29 is 33.2 Å². The molecule has 192 valence electrons. The van der Waals surface area contributed by atoms with Crippen LogP contribution in [0.2, 0.25) is 0 Å². The number of halogens is 1. The van der Waals surface area contributed by atoms with Crippen molar-refractivity contribution >= 4 is 23.7 Å². The molecule has 4 rings (SSSR count). The van der Waals surface area contributed by atoms with Crippen LogP contribution in [0.25, 0.3) is 0 Å². The number of nitrogens with zero attached hydrogens (tertiary/aromatic N) is 3. The van der Waals surface area contributed by atoms with Crippen LogP contribution in [0.3, 0.4) is 0 Å².